The second-order valence-electron chi connectivity index (χ2n) is 5.01. The van der Waals surface area contributed by atoms with E-state index < -0.39 is 5.41 Å². The molecule has 3 nitrogen and oxygen atoms in total. The number of methoxy groups -OCH3 is 1. The van der Waals surface area contributed by atoms with Crippen molar-refractivity contribution in [2.75, 3.05) is 13.7 Å². The van der Waals surface area contributed by atoms with Crippen molar-refractivity contribution < 1.29 is 14.3 Å². The molecule has 0 spiro atoms. The number of ether oxygens (including phenoxy) is 2. The van der Waals surface area contributed by atoms with Crippen LogP contribution in [-0.4, -0.2) is 25.8 Å². The minimum atomic E-state index is -0.422. The highest BCUT2D eigenvalue weighted by atomic mass is 16.5. The molecule has 15 heavy (non-hydrogen) atoms. The Kier molecular flexibility index (Phi) is 5.88. The Morgan fingerprint density at radius 1 is 1.33 bits per heavy atom. The van der Waals surface area contributed by atoms with Crippen LogP contribution < -0.4 is 0 Å². The lowest BCUT2D eigenvalue weighted by Crippen LogP contribution is -2.29. The Morgan fingerprint density at radius 3 is 2.20 bits per heavy atom. The molecule has 0 aliphatic heterocycles. The van der Waals surface area contributed by atoms with Gasteiger partial charge in [-0.15, -0.1) is 0 Å². The first-order chi connectivity index (χ1) is 6.82. The summed E-state index contributed by atoms with van der Waals surface area (Å²) in [6.45, 7) is 10.1. The summed E-state index contributed by atoms with van der Waals surface area (Å²) in [4.78, 5) is 11.5. The average molecular weight is 216 g/mol. The van der Waals surface area contributed by atoms with Crippen LogP contribution in [0.5, 0.6) is 0 Å². The molecule has 2 unspecified atom stereocenters. The van der Waals surface area contributed by atoms with Crippen molar-refractivity contribution in [1.82, 2.24) is 0 Å². The van der Waals surface area contributed by atoms with Gasteiger partial charge < -0.3 is 9.47 Å². The molecule has 0 amide bonds. The van der Waals surface area contributed by atoms with E-state index in [0.29, 0.717) is 6.61 Å². The lowest BCUT2D eigenvalue weighted by Gasteiger charge is -2.23. The van der Waals surface area contributed by atoms with Crippen LogP contribution >= 0.6 is 0 Å². The Balaban J connectivity index is 4.00. The zero-order valence-electron chi connectivity index (χ0n) is 10.8. The summed E-state index contributed by atoms with van der Waals surface area (Å²) in [6.07, 6.45) is 1.10. The lowest BCUT2D eigenvalue weighted by molar-refractivity contribution is -0.155. The fourth-order valence-electron chi connectivity index (χ4n) is 1.33. The van der Waals surface area contributed by atoms with E-state index in [1.54, 1.807) is 7.11 Å². The van der Waals surface area contributed by atoms with Crippen LogP contribution in [0.2, 0.25) is 0 Å². The van der Waals surface area contributed by atoms with E-state index >= 15 is 0 Å². The standard InChI is InChI=1S/C12H24O3/c1-7-10(14-6)9(2)8-15-11(13)12(3,4)5/h9-10H,7-8H2,1-6H3. The summed E-state index contributed by atoms with van der Waals surface area (Å²) in [6, 6.07) is 0. The Labute approximate surface area is 93.1 Å². The summed E-state index contributed by atoms with van der Waals surface area (Å²) < 4.78 is 10.5. The maximum absolute atomic E-state index is 11.5. The van der Waals surface area contributed by atoms with Crippen LogP contribution in [0.1, 0.15) is 41.0 Å². The maximum Gasteiger partial charge on any atom is 0.311 e. The second kappa shape index (κ2) is 6.11. The van der Waals surface area contributed by atoms with Crippen molar-refractivity contribution >= 4 is 5.97 Å². The van der Waals surface area contributed by atoms with Crippen LogP contribution in [0.4, 0.5) is 0 Å². The quantitative estimate of drug-likeness (QED) is 0.663. The molecule has 0 fully saturated rings. The molecule has 0 heterocycles. The van der Waals surface area contributed by atoms with Gasteiger partial charge in [0.2, 0.25) is 0 Å². The first-order valence-electron chi connectivity index (χ1n) is 5.53. The summed E-state index contributed by atoms with van der Waals surface area (Å²) in [5.74, 6) is 0.0895. The smallest absolute Gasteiger partial charge is 0.311 e. The molecule has 0 aliphatic rings. The second-order valence-corrected chi connectivity index (χ2v) is 5.01. The monoisotopic (exact) mass is 216 g/mol. The third kappa shape index (κ3) is 5.17. The predicted molar refractivity (Wildman–Crippen MR) is 60.7 cm³/mol. The van der Waals surface area contributed by atoms with E-state index in [4.69, 9.17) is 9.47 Å². The third-order valence-electron chi connectivity index (χ3n) is 2.43. The van der Waals surface area contributed by atoms with E-state index in [0.717, 1.165) is 6.42 Å². The molecular formula is C12H24O3. The SMILES string of the molecule is CCC(OC)C(C)COC(=O)C(C)(C)C. The van der Waals surface area contributed by atoms with E-state index in [9.17, 15) is 4.79 Å². The molecule has 0 saturated heterocycles. The number of hydrogen-bond donors (Lipinski definition) is 0. The van der Waals surface area contributed by atoms with Gasteiger partial charge in [-0.2, -0.15) is 0 Å². The number of carbonyl (C=O) groups is 1. The van der Waals surface area contributed by atoms with Gasteiger partial charge in [0.1, 0.15) is 0 Å². The van der Waals surface area contributed by atoms with Crippen molar-refractivity contribution in [3.8, 4) is 0 Å². The fourth-order valence-corrected chi connectivity index (χ4v) is 1.33. The molecule has 0 aromatic rings. The van der Waals surface area contributed by atoms with Crippen LogP contribution in [0.15, 0.2) is 0 Å². The highest BCUT2D eigenvalue weighted by molar-refractivity contribution is 5.75. The first-order valence-corrected chi connectivity index (χ1v) is 5.53. The zero-order chi connectivity index (χ0) is 12.1. The van der Waals surface area contributed by atoms with Crippen molar-refractivity contribution in [3.05, 3.63) is 0 Å². The van der Waals surface area contributed by atoms with Gasteiger partial charge in [0, 0.05) is 13.0 Å². The Bertz CT molecular complexity index is 190. The van der Waals surface area contributed by atoms with Gasteiger partial charge in [-0.3, -0.25) is 4.79 Å². The molecule has 2 atom stereocenters. The van der Waals surface area contributed by atoms with Gasteiger partial charge in [-0.05, 0) is 27.2 Å². The molecule has 0 rings (SSSR count). The molecule has 0 bridgehead atoms. The van der Waals surface area contributed by atoms with Gasteiger partial charge in [0.25, 0.3) is 0 Å². The minimum Gasteiger partial charge on any atom is -0.465 e. The Hall–Kier alpha value is -0.570. The number of rotatable bonds is 5. The van der Waals surface area contributed by atoms with Crippen molar-refractivity contribution in [1.29, 1.82) is 0 Å². The highest BCUT2D eigenvalue weighted by Gasteiger charge is 2.24. The predicted octanol–water partition coefficient (Wildman–Crippen LogP) is 2.64. The Morgan fingerprint density at radius 2 is 1.87 bits per heavy atom. The summed E-state index contributed by atoms with van der Waals surface area (Å²) in [5, 5.41) is 0. The fraction of sp³-hybridized carbons (Fsp3) is 0.917. The van der Waals surface area contributed by atoms with Crippen LogP contribution in [0.3, 0.4) is 0 Å². The van der Waals surface area contributed by atoms with Crippen molar-refractivity contribution in [2.45, 2.75) is 47.1 Å². The number of hydrogen-bond acceptors (Lipinski definition) is 3. The zero-order valence-corrected chi connectivity index (χ0v) is 10.8. The average Bonchev–Trinajstić information content (AvgIpc) is 2.14. The van der Waals surface area contributed by atoms with Gasteiger partial charge >= 0.3 is 5.97 Å². The molecule has 90 valence electrons. The minimum absolute atomic E-state index is 0.152. The van der Waals surface area contributed by atoms with E-state index in [-0.39, 0.29) is 18.0 Å². The van der Waals surface area contributed by atoms with E-state index in [1.165, 1.54) is 0 Å². The van der Waals surface area contributed by atoms with Crippen molar-refractivity contribution in [3.63, 3.8) is 0 Å². The largest absolute Gasteiger partial charge is 0.465 e. The molecule has 3 heteroatoms. The van der Waals surface area contributed by atoms with Gasteiger partial charge in [0.15, 0.2) is 0 Å². The molecular weight excluding hydrogens is 192 g/mol. The van der Waals surface area contributed by atoms with E-state index in [1.807, 2.05) is 27.7 Å². The topological polar surface area (TPSA) is 35.5 Å². The first kappa shape index (κ1) is 14.4. The molecule has 0 radical (unpaired) electrons. The van der Waals surface area contributed by atoms with Crippen LogP contribution in [-0.2, 0) is 14.3 Å². The summed E-state index contributed by atoms with van der Waals surface area (Å²) in [7, 11) is 1.69. The molecule has 0 aliphatic carbocycles. The third-order valence-corrected chi connectivity index (χ3v) is 2.43. The molecule has 0 aromatic carbocycles. The molecule has 0 aromatic heterocycles. The maximum atomic E-state index is 11.5. The summed E-state index contributed by atoms with van der Waals surface area (Å²) in [5.41, 5.74) is -0.422. The van der Waals surface area contributed by atoms with Gasteiger partial charge in [0.05, 0.1) is 18.1 Å². The lowest BCUT2D eigenvalue weighted by atomic mass is 9.97. The van der Waals surface area contributed by atoms with E-state index in [2.05, 4.69) is 6.92 Å². The van der Waals surface area contributed by atoms with Gasteiger partial charge in [-0.25, -0.2) is 0 Å². The van der Waals surface area contributed by atoms with Crippen LogP contribution in [0.25, 0.3) is 0 Å². The highest BCUT2D eigenvalue weighted by Crippen LogP contribution is 2.17. The summed E-state index contributed by atoms with van der Waals surface area (Å²) >= 11 is 0. The number of esters is 1. The van der Waals surface area contributed by atoms with Crippen LogP contribution in [0, 0.1) is 11.3 Å². The molecule has 0 saturated carbocycles. The van der Waals surface area contributed by atoms with Gasteiger partial charge in [-0.1, -0.05) is 13.8 Å². The normalized spacial score (nSPS) is 15.9. The van der Waals surface area contributed by atoms with Crippen molar-refractivity contribution in [2.24, 2.45) is 11.3 Å². The molecule has 0 N–H and O–H groups in total. The number of carbonyl (C=O) groups excluding carboxylic acids is 1.